The van der Waals surface area contributed by atoms with E-state index in [4.69, 9.17) is 16.4 Å². The van der Waals surface area contributed by atoms with E-state index in [1.54, 1.807) is 12.1 Å². The third-order valence-corrected chi connectivity index (χ3v) is 10.2. The Morgan fingerprint density at radius 2 is 1.76 bits per heavy atom. The van der Waals surface area contributed by atoms with E-state index in [9.17, 15) is 24.0 Å². The fourth-order valence-electron chi connectivity index (χ4n) is 7.23. The fourth-order valence-corrected chi connectivity index (χ4v) is 7.42. The molecule has 5 atom stereocenters. The van der Waals surface area contributed by atoms with E-state index in [-0.39, 0.29) is 30.2 Å². The highest BCUT2D eigenvalue weighted by atomic mass is 35.5. The summed E-state index contributed by atoms with van der Waals surface area (Å²) in [5.41, 5.74) is -0.206. The van der Waals surface area contributed by atoms with E-state index in [2.05, 4.69) is 21.1 Å². The Morgan fingerprint density at radius 1 is 1.04 bits per heavy atom. The second kappa shape index (κ2) is 12.4. The molecule has 0 unspecified atom stereocenters. The monoisotopic (exact) mass is 641 g/mol. The first-order valence-corrected chi connectivity index (χ1v) is 16.2. The highest BCUT2D eigenvalue weighted by molar-refractivity contribution is 6.38. The van der Waals surface area contributed by atoms with Gasteiger partial charge in [0.15, 0.2) is 5.60 Å². The number of halogens is 1. The Hall–Kier alpha value is -3.47. The molecule has 1 aromatic carbocycles. The maximum atomic E-state index is 14.5. The number of nitrogens with one attached hydrogen (secondary N) is 3. The molecule has 12 heteroatoms. The van der Waals surface area contributed by atoms with Gasteiger partial charge in [0, 0.05) is 36.4 Å². The maximum Gasteiger partial charge on any atom is 0.289 e. The SMILES string of the molecule is CNC(=O)C(=O)[C@H](C)NC(=O)[C@@H]1C[C@]2(CC(c3cccc(Cl)c3)=NO2)CN1C(=O)[C@@H](NC(=O)[C@H]1CC12CCCCC2)C(C)(C)C. The first-order chi connectivity index (χ1) is 21.2. The number of nitrogens with zero attached hydrogens (tertiary/aromatic N) is 2. The van der Waals surface area contributed by atoms with Gasteiger partial charge >= 0.3 is 0 Å². The molecule has 2 aliphatic carbocycles. The molecule has 5 rings (SSSR count). The van der Waals surface area contributed by atoms with Crippen molar-refractivity contribution in [3.8, 4) is 0 Å². The summed E-state index contributed by atoms with van der Waals surface area (Å²) in [6, 6.07) is 4.16. The van der Waals surface area contributed by atoms with Crippen LogP contribution in [0.1, 0.15) is 84.6 Å². The van der Waals surface area contributed by atoms with Gasteiger partial charge in [-0.05, 0) is 49.1 Å². The third kappa shape index (κ3) is 6.73. The van der Waals surface area contributed by atoms with Crippen molar-refractivity contribution in [1.82, 2.24) is 20.9 Å². The van der Waals surface area contributed by atoms with Gasteiger partial charge < -0.3 is 25.7 Å². The average molecular weight is 642 g/mol. The van der Waals surface area contributed by atoms with E-state index in [1.165, 1.54) is 25.3 Å². The average Bonchev–Trinajstić information content (AvgIpc) is 3.34. The molecule has 2 aliphatic heterocycles. The minimum Gasteiger partial charge on any atom is -0.387 e. The van der Waals surface area contributed by atoms with Crippen LogP contribution in [0.3, 0.4) is 0 Å². The molecule has 0 aromatic heterocycles. The first-order valence-electron chi connectivity index (χ1n) is 15.9. The Morgan fingerprint density at radius 3 is 2.40 bits per heavy atom. The summed E-state index contributed by atoms with van der Waals surface area (Å²) in [7, 11) is 1.34. The number of carbonyl (C=O) groups is 5. The first kappa shape index (κ1) is 32.9. The van der Waals surface area contributed by atoms with Crippen LogP contribution in [0.4, 0.5) is 0 Å². The van der Waals surface area contributed by atoms with E-state index >= 15 is 0 Å². The molecule has 11 nitrogen and oxygen atoms in total. The lowest BCUT2D eigenvalue weighted by molar-refractivity contribution is -0.145. The van der Waals surface area contributed by atoms with Crippen LogP contribution in [0.25, 0.3) is 0 Å². The summed E-state index contributed by atoms with van der Waals surface area (Å²) in [6.45, 7) is 7.13. The molecular formula is C33H44ClN5O6. The van der Waals surface area contributed by atoms with Crippen LogP contribution in [-0.2, 0) is 28.8 Å². The van der Waals surface area contributed by atoms with E-state index in [0.717, 1.165) is 37.7 Å². The number of rotatable bonds is 8. The lowest BCUT2D eigenvalue weighted by Gasteiger charge is -2.36. The number of likely N-dealkylation sites (tertiary alicyclic amines) is 1. The predicted molar refractivity (Wildman–Crippen MR) is 168 cm³/mol. The van der Waals surface area contributed by atoms with Crippen molar-refractivity contribution in [1.29, 1.82) is 0 Å². The third-order valence-electron chi connectivity index (χ3n) is 9.94. The minimum atomic E-state index is -1.12. The number of benzene rings is 1. The van der Waals surface area contributed by atoms with Crippen LogP contribution in [0.15, 0.2) is 29.4 Å². The number of hydrogen-bond donors (Lipinski definition) is 3. The largest absolute Gasteiger partial charge is 0.387 e. The van der Waals surface area contributed by atoms with Gasteiger partial charge in [0.2, 0.25) is 23.5 Å². The summed E-state index contributed by atoms with van der Waals surface area (Å²) in [5.74, 6) is -2.86. The van der Waals surface area contributed by atoms with Gasteiger partial charge in [0.25, 0.3) is 5.91 Å². The van der Waals surface area contributed by atoms with Crippen LogP contribution in [0.2, 0.25) is 5.02 Å². The van der Waals surface area contributed by atoms with Crippen LogP contribution < -0.4 is 16.0 Å². The summed E-state index contributed by atoms with van der Waals surface area (Å²) >= 11 is 6.21. The van der Waals surface area contributed by atoms with Gasteiger partial charge in [-0.3, -0.25) is 24.0 Å². The van der Waals surface area contributed by atoms with Gasteiger partial charge in [-0.25, -0.2) is 0 Å². The quantitative estimate of drug-likeness (QED) is 0.372. The lowest BCUT2D eigenvalue weighted by atomic mass is 9.83. The molecule has 3 N–H and O–H groups in total. The molecule has 1 aromatic rings. The molecule has 4 amide bonds. The smallest absolute Gasteiger partial charge is 0.289 e. The highest BCUT2D eigenvalue weighted by Crippen LogP contribution is 2.61. The van der Waals surface area contributed by atoms with Gasteiger partial charge in [-0.1, -0.05) is 68.9 Å². The molecule has 0 bridgehead atoms. The Balaban J connectivity index is 1.38. The van der Waals surface area contributed by atoms with Crippen molar-refractivity contribution in [2.45, 2.75) is 103 Å². The summed E-state index contributed by atoms with van der Waals surface area (Å²) in [4.78, 5) is 73.6. The van der Waals surface area contributed by atoms with Crippen molar-refractivity contribution >= 4 is 46.7 Å². The van der Waals surface area contributed by atoms with Gasteiger partial charge in [-0.15, -0.1) is 0 Å². The molecule has 2 spiro atoms. The lowest BCUT2D eigenvalue weighted by Crippen LogP contribution is -2.59. The summed E-state index contributed by atoms with van der Waals surface area (Å²) in [6.07, 6.45) is 6.79. The predicted octanol–water partition coefficient (Wildman–Crippen LogP) is 3.13. The molecule has 4 aliphatic rings. The second-order valence-corrected chi connectivity index (χ2v) is 14.8. The normalized spacial score (nSPS) is 26.4. The zero-order valence-electron chi connectivity index (χ0n) is 26.7. The molecular weight excluding hydrogens is 598 g/mol. The van der Waals surface area contributed by atoms with Crippen LogP contribution in [0, 0.1) is 16.7 Å². The topological polar surface area (TPSA) is 146 Å². The highest BCUT2D eigenvalue weighted by Gasteiger charge is 2.59. The summed E-state index contributed by atoms with van der Waals surface area (Å²) < 4.78 is 0. The molecule has 2 saturated carbocycles. The van der Waals surface area contributed by atoms with Crippen molar-refractivity contribution in [2.75, 3.05) is 13.6 Å². The molecule has 45 heavy (non-hydrogen) atoms. The van der Waals surface area contributed by atoms with Crippen LogP contribution in [0.5, 0.6) is 0 Å². The Labute approximate surface area is 269 Å². The molecule has 3 fully saturated rings. The molecule has 1 saturated heterocycles. The van der Waals surface area contributed by atoms with Crippen molar-refractivity contribution in [3.63, 3.8) is 0 Å². The standard InChI is InChI=1S/C33H44ClN5O6/c1-19(25(40)29(43)35-5)36-28(42)24-17-33(16-23(38-45-33)20-10-9-11-21(34)14-20)18-39(24)30(44)26(31(2,3)4)37-27(41)22-15-32(22)12-7-6-8-13-32/h9-11,14,19,22,24,26H,6-8,12-13,15-18H2,1-5H3,(H,35,43)(H,36,42)(H,37,41)/t19-,22+,24-,26+,33+/m0/s1. The van der Waals surface area contributed by atoms with E-state index < -0.39 is 52.6 Å². The van der Waals surface area contributed by atoms with Crippen LogP contribution >= 0.6 is 11.6 Å². The number of likely N-dealkylation sites (N-methyl/N-ethyl adjacent to an activating group) is 1. The van der Waals surface area contributed by atoms with E-state index in [0.29, 0.717) is 17.2 Å². The summed E-state index contributed by atoms with van der Waals surface area (Å²) in [5, 5.41) is 12.8. The zero-order chi connectivity index (χ0) is 32.7. The van der Waals surface area contributed by atoms with Gasteiger partial charge in [0.05, 0.1) is 18.3 Å². The van der Waals surface area contributed by atoms with Gasteiger partial charge in [0.1, 0.15) is 12.1 Å². The van der Waals surface area contributed by atoms with E-state index in [1.807, 2.05) is 32.9 Å². The number of oxime groups is 1. The minimum absolute atomic E-state index is 0.0467. The molecule has 244 valence electrons. The van der Waals surface area contributed by atoms with Crippen molar-refractivity contribution < 1.29 is 28.8 Å². The second-order valence-electron chi connectivity index (χ2n) is 14.3. The maximum absolute atomic E-state index is 14.5. The zero-order valence-corrected chi connectivity index (χ0v) is 27.5. The van der Waals surface area contributed by atoms with Gasteiger partial charge in [-0.2, -0.15) is 0 Å². The molecule has 2 heterocycles. The number of hydrogen-bond acceptors (Lipinski definition) is 7. The number of carbonyl (C=O) groups excluding carboxylic acids is 5. The van der Waals surface area contributed by atoms with Crippen LogP contribution in [-0.4, -0.2) is 77.3 Å². The number of amides is 4. The van der Waals surface area contributed by atoms with Crippen molar-refractivity contribution in [2.24, 2.45) is 21.9 Å². The Kier molecular flexibility index (Phi) is 9.05. The number of ketones is 1. The van der Waals surface area contributed by atoms with Crippen molar-refractivity contribution in [3.05, 3.63) is 34.9 Å². The Bertz CT molecular complexity index is 1420. The number of Topliss-reactive ketones (excluding diaryl/α,β-unsaturated/α-hetero) is 1. The molecule has 0 radical (unpaired) electrons. The fraction of sp³-hybridized carbons (Fsp3) is 0.636.